The van der Waals surface area contributed by atoms with Crippen molar-refractivity contribution in [2.45, 2.75) is 18.5 Å². The zero-order valence-electron chi connectivity index (χ0n) is 17.9. The second-order valence-corrected chi connectivity index (χ2v) is 8.99. The van der Waals surface area contributed by atoms with Gasteiger partial charge in [-0.3, -0.25) is 14.2 Å². The Hall–Kier alpha value is -3.23. The number of hydrazone groups is 1. The standard InChI is InChI=1S/C25H21BrN4O2S/c1-2-21(17-8-4-3-5-9-17)28-29-23(31)16-33-25-27-22-11-7-6-10-20(22)24(32)30(25)19-14-12-18(26)13-15-19/h3-15H,2,16H2,1H3,(H,29,31). The van der Waals surface area contributed by atoms with Gasteiger partial charge in [-0.2, -0.15) is 5.10 Å². The lowest BCUT2D eigenvalue weighted by molar-refractivity contribution is -0.118. The van der Waals surface area contributed by atoms with Crippen LogP contribution in [0.1, 0.15) is 18.9 Å². The number of para-hydroxylation sites is 1. The van der Waals surface area contributed by atoms with E-state index < -0.39 is 0 Å². The van der Waals surface area contributed by atoms with Crippen LogP contribution in [0, 0.1) is 0 Å². The molecule has 4 aromatic rings. The average Bonchev–Trinajstić information content (AvgIpc) is 2.85. The van der Waals surface area contributed by atoms with Gasteiger partial charge >= 0.3 is 0 Å². The van der Waals surface area contributed by atoms with E-state index in [0.717, 1.165) is 15.7 Å². The molecule has 0 aliphatic rings. The molecule has 0 saturated heterocycles. The summed E-state index contributed by atoms with van der Waals surface area (Å²) < 4.78 is 2.45. The first kappa shape index (κ1) is 22.9. The van der Waals surface area contributed by atoms with E-state index in [2.05, 4.69) is 31.4 Å². The number of amides is 1. The van der Waals surface area contributed by atoms with Crippen molar-refractivity contribution < 1.29 is 4.79 Å². The molecule has 0 aliphatic carbocycles. The predicted molar refractivity (Wildman–Crippen MR) is 137 cm³/mol. The van der Waals surface area contributed by atoms with Crippen molar-refractivity contribution in [3.63, 3.8) is 0 Å². The van der Waals surface area contributed by atoms with Crippen molar-refractivity contribution in [1.29, 1.82) is 0 Å². The lowest BCUT2D eigenvalue weighted by Crippen LogP contribution is -2.24. The second kappa shape index (κ2) is 10.6. The Morgan fingerprint density at radius 1 is 1.03 bits per heavy atom. The van der Waals surface area contributed by atoms with E-state index >= 15 is 0 Å². The molecule has 0 fully saturated rings. The largest absolute Gasteiger partial charge is 0.272 e. The van der Waals surface area contributed by atoms with Crippen molar-refractivity contribution in [1.82, 2.24) is 15.0 Å². The molecule has 0 saturated carbocycles. The normalized spacial score (nSPS) is 11.5. The number of hydrogen-bond donors (Lipinski definition) is 1. The van der Waals surface area contributed by atoms with Gasteiger partial charge in [-0.25, -0.2) is 10.4 Å². The fraction of sp³-hybridized carbons (Fsp3) is 0.120. The minimum Gasteiger partial charge on any atom is -0.272 e. The highest BCUT2D eigenvalue weighted by Crippen LogP contribution is 2.22. The molecular weight excluding hydrogens is 500 g/mol. The highest BCUT2D eigenvalue weighted by atomic mass is 79.9. The minimum absolute atomic E-state index is 0.0661. The average molecular weight is 521 g/mol. The number of rotatable bonds is 7. The van der Waals surface area contributed by atoms with Crippen LogP contribution in [0.4, 0.5) is 0 Å². The zero-order chi connectivity index (χ0) is 23.2. The summed E-state index contributed by atoms with van der Waals surface area (Å²) >= 11 is 4.62. The van der Waals surface area contributed by atoms with Gasteiger partial charge in [0.25, 0.3) is 11.5 Å². The molecule has 0 spiro atoms. The molecule has 0 bridgehead atoms. The van der Waals surface area contributed by atoms with E-state index in [1.807, 2.05) is 73.7 Å². The summed E-state index contributed by atoms with van der Waals surface area (Å²) in [5.41, 5.74) is 5.48. The molecule has 1 aromatic heterocycles. The monoisotopic (exact) mass is 520 g/mol. The summed E-state index contributed by atoms with van der Waals surface area (Å²) in [5.74, 6) is -0.206. The number of nitrogens with one attached hydrogen (secondary N) is 1. The van der Waals surface area contributed by atoms with Gasteiger partial charge in [0.1, 0.15) is 0 Å². The third-order valence-corrected chi connectivity index (χ3v) is 6.39. The van der Waals surface area contributed by atoms with Crippen molar-refractivity contribution in [3.8, 4) is 5.69 Å². The number of thioether (sulfide) groups is 1. The molecule has 33 heavy (non-hydrogen) atoms. The van der Waals surface area contributed by atoms with Crippen LogP contribution in [0.25, 0.3) is 16.6 Å². The fourth-order valence-electron chi connectivity index (χ4n) is 3.30. The van der Waals surface area contributed by atoms with Gasteiger partial charge in [-0.15, -0.1) is 0 Å². The van der Waals surface area contributed by atoms with E-state index in [0.29, 0.717) is 28.2 Å². The van der Waals surface area contributed by atoms with Crippen molar-refractivity contribution in [3.05, 3.63) is 99.3 Å². The van der Waals surface area contributed by atoms with Gasteiger partial charge in [0.05, 0.1) is 28.1 Å². The molecule has 166 valence electrons. The molecule has 1 amide bonds. The number of halogens is 1. The summed E-state index contributed by atoms with van der Waals surface area (Å²) in [6.45, 7) is 1.99. The highest BCUT2D eigenvalue weighted by molar-refractivity contribution is 9.10. The maximum absolute atomic E-state index is 13.3. The number of nitrogens with zero attached hydrogens (tertiary/aromatic N) is 3. The van der Waals surface area contributed by atoms with Gasteiger partial charge in [0.2, 0.25) is 0 Å². The number of fused-ring (bicyclic) bond motifs is 1. The van der Waals surface area contributed by atoms with Crippen molar-refractivity contribution in [2.24, 2.45) is 5.10 Å². The maximum atomic E-state index is 13.3. The number of carbonyl (C=O) groups excluding carboxylic acids is 1. The zero-order valence-corrected chi connectivity index (χ0v) is 20.3. The van der Waals surface area contributed by atoms with Crippen LogP contribution in [-0.2, 0) is 4.79 Å². The van der Waals surface area contributed by atoms with Crippen LogP contribution in [0.15, 0.2) is 98.4 Å². The van der Waals surface area contributed by atoms with E-state index in [9.17, 15) is 9.59 Å². The van der Waals surface area contributed by atoms with Crippen molar-refractivity contribution >= 4 is 50.2 Å². The highest BCUT2D eigenvalue weighted by Gasteiger charge is 2.15. The third-order valence-electron chi connectivity index (χ3n) is 4.92. The Balaban J connectivity index is 1.60. The van der Waals surface area contributed by atoms with E-state index in [1.165, 1.54) is 16.3 Å². The molecule has 0 unspecified atom stereocenters. The lowest BCUT2D eigenvalue weighted by Gasteiger charge is -2.13. The van der Waals surface area contributed by atoms with Crippen molar-refractivity contribution in [2.75, 3.05) is 5.75 Å². The molecule has 0 aliphatic heterocycles. The molecule has 0 radical (unpaired) electrons. The minimum atomic E-state index is -0.272. The number of carbonyl (C=O) groups is 1. The summed E-state index contributed by atoms with van der Waals surface area (Å²) in [4.78, 5) is 30.5. The van der Waals surface area contributed by atoms with Gasteiger partial charge in [-0.1, -0.05) is 77.1 Å². The second-order valence-electron chi connectivity index (χ2n) is 7.13. The van der Waals surface area contributed by atoms with Gasteiger partial charge in [0, 0.05) is 4.47 Å². The quantitative estimate of drug-likeness (QED) is 0.158. The summed E-state index contributed by atoms with van der Waals surface area (Å²) in [6.07, 6.45) is 0.687. The molecule has 1 N–H and O–H groups in total. The van der Waals surface area contributed by atoms with Crippen LogP contribution in [0.3, 0.4) is 0 Å². The Bertz CT molecular complexity index is 1370. The number of aromatic nitrogens is 2. The first-order chi connectivity index (χ1) is 16.1. The van der Waals surface area contributed by atoms with E-state index in [4.69, 9.17) is 0 Å². The predicted octanol–water partition coefficient (Wildman–Crippen LogP) is 5.17. The molecule has 8 heteroatoms. The third kappa shape index (κ3) is 5.40. The molecule has 6 nitrogen and oxygen atoms in total. The van der Waals surface area contributed by atoms with Gasteiger partial charge in [0.15, 0.2) is 5.16 Å². The summed E-state index contributed by atoms with van der Waals surface area (Å²) in [5, 5.41) is 5.26. The first-order valence-electron chi connectivity index (χ1n) is 10.4. The Morgan fingerprint density at radius 3 is 2.45 bits per heavy atom. The topological polar surface area (TPSA) is 76.3 Å². The van der Waals surface area contributed by atoms with E-state index in [1.54, 1.807) is 12.1 Å². The Labute approximate surface area is 203 Å². The van der Waals surface area contributed by atoms with Gasteiger partial charge in [-0.05, 0) is 48.4 Å². The first-order valence-corrected chi connectivity index (χ1v) is 12.2. The SMILES string of the molecule is CCC(=NNC(=O)CSc1nc2ccccc2c(=O)n1-c1ccc(Br)cc1)c1ccccc1. The molecule has 3 aromatic carbocycles. The molecule has 1 heterocycles. The Kier molecular flexibility index (Phi) is 7.36. The lowest BCUT2D eigenvalue weighted by atomic mass is 10.1. The Morgan fingerprint density at radius 2 is 1.73 bits per heavy atom. The maximum Gasteiger partial charge on any atom is 0.266 e. The smallest absolute Gasteiger partial charge is 0.266 e. The van der Waals surface area contributed by atoms with Gasteiger partial charge < -0.3 is 0 Å². The number of benzene rings is 3. The van der Waals surface area contributed by atoms with Crippen LogP contribution >= 0.6 is 27.7 Å². The van der Waals surface area contributed by atoms with E-state index in [-0.39, 0.29) is 17.2 Å². The summed E-state index contributed by atoms with van der Waals surface area (Å²) in [7, 11) is 0. The molecular formula is C25H21BrN4O2S. The van der Waals surface area contributed by atoms with Crippen LogP contribution in [-0.4, -0.2) is 26.9 Å². The fourth-order valence-corrected chi connectivity index (χ4v) is 4.37. The van der Waals surface area contributed by atoms with Crippen LogP contribution in [0.5, 0.6) is 0 Å². The van der Waals surface area contributed by atoms with Crippen LogP contribution < -0.4 is 11.0 Å². The van der Waals surface area contributed by atoms with Crippen LogP contribution in [0.2, 0.25) is 0 Å². The molecule has 0 atom stereocenters. The summed E-state index contributed by atoms with van der Waals surface area (Å²) in [6, 6.07) is 24.3. The number of hydrogen-bond acceptors (Lipinski definition) is 5. The molecule has 4 rings (SSSR count).